The van der Waals surface area contributed by atoms with Crippen molar-refractivity contribution >= 4 is 5.69 Å². The maximum atomic E-state index is 5.90. The Morgan fingerprint density at radius 3 is 2.68 bits per heavy atom. The number of para-hydroxylation sites is 1. The highest BCUT2D eigenvalue weighted by molar-refractivity contribution is 5.71. The molecule has 0 aliphatic heterocycles. The van der Waals surface area contributed by atoms with Crippen LogP contribution >= 0.6 is 0 Å². The number of nitrogens with two attached hydrogens (primary N) is 1. The standard InChI is InChI=1S/C15H13N3O/c1-10-5-4-6-11(9-10)14-17-15(19-18-14)12-7-2-3-8-13(12)16/h2-9H,16H2,1H3. The Hall–Kier alpha value is -2.62. The van der Waals surface area contributed by atoms with Crippen LogP contribution in [0.1, 0.15) is 5.56 Å². The molecule has 3 rings (SSSR count). The van der Waals surface area contributed by atoms with Crippen molar-refractivity contribution in [3.05, 3.63) is 54.1 Å². The molecule has 19 heavy (non-hydrogen) atoms. The predicted octanol–water partition coefficient (Wildman–Crippen LogP) is 3.29. The predicted molar refractivity (Wildman–Crippen MR) is 74.3 cm³/mol. The summed E-state index contributed by atoms with van der Waals surface area (Å²) in [6.07, 6.45) is 0. The maximum absolute atomic E-state index is 5.90. The summed E-state index contributed by atoms with van der Waals surface area (Å²) in [4.78, 5) is 4.39. The van der Waals surface area contributed by atoms with Crippen LogP contribution in [0.3, 0.4) is 0 Å². The first kappa shape index (κ1) is 11.5. The molecule has 0 fully saturated rings. The van der Waals surface area contributed by atoms with Crippen LogP contribution in [0, 0.1) is 6.92 Å². The van der Waals surface area contributed by atoms with E-state index in [-0.39, 0.29) is 0 Å². The van der Waals surface area contributed by atoms with Crippen molar-refractivity contribution in [2.24, 2.45) is 0 Å². The number of hydrogen-bond donors (Lipinski definition) is 1. The van der Waals surface area contributed by atoms with E-state index in [2.05, 4.69) is 10.1 Å². The SMILES string of the molecule is Cc1cccc(-c2noc(-c3ccccc3N)n2)c1. The molecule has 0 bridgehead atoms. The summed E-state index contributed by atoms with van der Waals surface area (Å²) >= 11 is 0. The van der Waals surface area contributed by atoms with E-state index in [0.29, 0.717) is 17.4 Å². The normalized spacial score (nSPS) is 10.6. The van der Waals surface area contributed by atoms with Crippen molar-refractivity contribution in [2.75, 3.05) is 5.73 Å². The second-order valence-corrected chi connectivity index (χ2v) is 4.38. The minimum atomic E-state index is 0.439. The molecule has 0 amide bonds. The fourth-order valence-corrected chi connectivity index (χ4v) is 1.93. The number of anilines is 1. The molecule has 3 aromatic rings. The molecule has 1 aromatic heterocycles. The van der Waals surface area contributed by atoms with Gasteiger partial charge in [0.1, 0.15) is 0 Å². The lowest BCUT2D eigenvalue weighted by Gasteiger charge is -1.98. The third-order valence-corrected chi connectivity index (χ3v) is 2.89. The number of aryl methyl sites for hydroxylation is 1. The van der Waals surface area contributed by atoms with Gasteiger partial charge < -0.3 is 10.3 Å². The summed E-state index contributed by atoms with van der Waals surface area (Å²) in [6.45, 7) is 2.03. The molecule has 0 unspecified atom stereocenters. The lowest BCUT2D eigenvalue weighted by atomic mass is 10.1. The minimum absolute atomic E-state index is 0.439. The van der Waals surface area contributed by atoms with Gasteiger partial charge in [-0.05, 0) is 25.1 Å². The van der Waals surface area contributed by atoms with Crippen LogP contribution in [0.5, 0.6) is 0 Å². The van der Waals surface area contributed by atoms with Crippen molar-refractivity contribution in [1.29, 1.82) is 0 Å². The van der Waals surface area contributed by atoms with Gasteiger partial charge in [-0.25, -0.2) is 0 Å². The van der Waals surface area contributed by atoms with Gasteiger partial charge in [-0.3, -0.25) is 0 Å². The van der Waals surface area contributed by atoms with Crippen LogP contribution in [-0.4, -0.2) is 10.1 Å². The molecule has 0 saturated heterocycles. The van der Waals surface area contributed by atoms with E-state index in [1.54, 1.807) is 0 Å². The monoisotopic (exact) mass is 251 g/mol. The molecule has 2 N–H and O–H groups in total. The van der Waals surface area contributed by atoms with Crippen LogP contribution < -0.4 is 5.73 Å². The molecule has 0 spiro atoms. The second kappa shape index (κ2) is 4.57. The summed E-state index contributed by atoms with van der Waals surface area (Å²) in [7, 11) is 0. The van der Waals surface area contributed by atoms with Crippen molar-refractivity contribution in [1.82, 2.24) is 10.1 Å². The highest BCUT2D eigenvalue weighted by Crippen LogP contribution is 2.26. The van der Waals surface area contributed by atoms with Gasteiger partial charge in [0.15, 0.2) is 0 Å². The van der Waals surface area contributed by atoms with Crippen LogP contribution in [0.2, 0.25) is 0 Å². The van der Waals surface area contributed by atoms with E-state index in [1.165, 1.54) is 0 Å². The molecule has 94 valence electrons. The second-order valence-electron chi connectivity index (χ2n) is 4.38. The number of nitrogens with zero attached hydrogens (tertiary/aromatic N) is 2. The van der Waals surface area contributed by atoms with Gasteiger partial charge in [0.05, 0.1) is 5.56 Å². The van der Waals surface area contributed by atoms with Crippen molar-refractivity contribution in [2.45, 2.75) is 6.92 Å². The number of nitrogen functional groups attached to an aromatic ring is 1. The Labute approximate surface area is 110 Å². The largest absolute Gasteiger partial charge is 0.398 e. The van der Waals surface area contributed by atoms with Crippen LogP contribution in [0.25, 0.3) is 22.8 Å². The van der Waals surface area contributed by atoms with E-state index < -0.39 is 0 Å². The van der Waals surface area contributed by atoms with Gasteiger partial charge in [-0.1, -0.05) is 41.1 Å². The summed E-state index contributed by atoms with van der Waals surface area (Å²) in [5.74, 6) is 1.01. The van der Waals surface area contributed by atoms with Gasteiger partial charge in [0, 0.05) is 11.3 Å². The summed E-state index contributed by atoms with van der Waals surface area (Å²) in [5.41, 5.74) is 9.37. The molecular weight excluding hydrogens is 238 g/mol. The van der Waals surface area contributed by atoms with Crippen molar-refractivity contribution in [3.63, 3.8) is 0 Å². The summed E-state index contributed by atoms with van der Waals surface area (Å²) in [6, 6.07) is 15.4. The Morgan fingerprint density at radius 1 is 1.05 bits per heavy atom. The molecule has 0 saturated carbocycles. The van der Waals surface area contributed by atoms with E-state index in [4.69, 9.17) is 10.3 Å². The highest BCUT2D eigenvalue weighted by Gasteiger charge is 2.12. The average Bonchev–Trinajstić information content (AvgIpc) is 2.89. The Balaban J connectivity index is 2.03. The first-order valence-electron chi connectivity index (χ1n) is 5.99. The third-order valence-electron chi connectivity index (χ3n) is 2.89. The summed E-state index contributed by atoms with van der Waals surface area (Å²) < 4.78 is 5.28. The molecule has 4 nitrogen and oxygen atoms in total. The number of aromatic nitrogens is 2. The maximum Gasteiger partial charge on any atom is 0.260 e. The van der Waals surface area contributed by atoms with Gasteiger partial charge >= 0.3 is 0 Å². The Bertz CT molecular complexity index is 719. The fraction of sp³-hybridized carbons (Fsp3) is 0.0667. The molecule has 0 atom stereocenters. The van der Waals surface area contributed by atoms with Crippen LogP contribution in [0.15, 0.2) is 53.1 Å². The lowest BCUT2D eigenvalue weighted by molar-refractivity contribution is 0.432. The molecule has 0 aliphatic carbocycles. The topological polar surface area (TPSA) is 64.9 Å². The zero-order valence-electron chi connectivity index (χ0n) is 10.5. The van der Waals surface area contributed by atoms with E-state index in [9.17, 15) is 0 Å². The molecule has 0 radical (unpaired) electrons. The van der Waals surface area contributed by atoms with E-state index in [1.807, 2.05) is 55.5 Å². The highest BCUT2D eigenvalue weighted by atomic mass is 16.5. The average molecular weight is 251 g/mol. The number of rotatable bonds is 2. The van der Waals surface area contributed by atoms with E-state index >= 15 is 0 Å². The molecule has 0 aliphatic rings. The number of hydrogen-bond acceptors (Lipinski definition) is 4. The Kier molecular flexibility index (Phi) is 2.76. The van der Waals surface area contributed by atoms with Crippen molar-refractivity contribution in [3.8, 4) is 22.8 Å². The zero-order valence-corrected chi connectivity index (χ0v) is 10.5. The molecule has 1 heterocycles. The first-order chi connectivity index (χ1) is 9.24. The lowest BCUT2D eigenvalue weighted by Crippen LogP contribution is -1.89. The minimum Gasteiger partial charge on any atom is -0.398 e. The smallest absolute Gasteiger partial charge is 0.260 e. The van der Waals surface area contributed by atoms with Crippen LogP contribution in [-0.2, 0) is 0 Å². The van der Waals surface area contributed by atoms with Crippen LogP contribution in [0.4, 0.5) is 5.69 Å². The summed E-state index contributed by atoms with van der Waals surface area (Å²) in [5, 5.41) is 4.00. The van der Waals surface area contributed by atoms with Gasteiger partial charge in [0.25, 0.3) is 5.89 Å². The van der Waals surface area contributed by atoms with Gasteiger partial charge in [0.2, 0.25) is 5.82 Å². The Morgan fingerprint density at radius 2 is 1.89 bits per heavy atom. The molecule has 2 aromatic carbocycles. The quantitative estimate of drug-likeness (QED) is 0.710. The van der Waals surface area contributed by atoms with E-state index in [0.717, 1.165) is 16.7 Å². The molecular formula is C15H13N3O. The zero-order chi connectivity index (χ0) is 13.2. The van der Waals surface area contributed by atoms with Crippen molar-refractivity contribution < 1.29 is 4.52 Å². The fourth-order valence-electron chi connectivity index (χ4n) is 1.93. The van der Waals surface area contributed by atoms with Gasteiger partial charge in [-0.15, -0.1) is 0 Å². The van der Waals surface area contributed by atoms with Gasteiger partial charge in [-0.2, -0.15) is 4.98 Å². The molecule has 4 heteroatoms. The first-order valence-corrected chi connectivity index (χ1v) is 5.99. The number of benzene rings is 2. The third kappa shape index (κ3) is 2.20.